The van der Waals surface area contributed by atoms with Crippen molar-refractivity contribution in [1.82, 2.24) is 0 Å². The van der Waals surface area contributed by atoms with E-state index in [1.165, 1.54) is 0 Å². The molecule has 0 saturated carbocycles. The summed E-state index contributed by atoms with van der Waals surface area (Å²) in [5.74, 6) is -2.02. The molecule has 0 rings (SSSR count). The first kappa shape index (κ1) is 18.3. The number of carboxylic acids is 2. The molecule has 6 N–H and O–H groups in total. The normalized spacial score (nSPS) is 13.2. The fraction of sp³-hybridized carbons (Fsp3) is 0.750. The molecule has 6 nitrogen and oxygen atoms in total. The molecular weight excluding hydrogens is 346 g/mol. The first-order chi connectivity index (χ1) is 7.45. The van der Waals surface area contributed by atoms with Gasteiger partial charge in [-0.05, 0) is 0 Å². The summed E-state index contributed by atoms with van der Waals surface area (Å²) >= 11 is 0.218. The van der Waals surface area contributed by atoms with Crippen molar-refractivity contribution in [2.45, 2.75) is 36.6 Å². The zero-order chi connectivity index (χ0) is 13.1. The minimum absolute atomic E-state index is 0.109. The van der Waals surface area contributed by atoms with E-state index in [9.17, 15) is 9.59 Å². The molecule has 0 aromatic carbocycles. The van der Waals surface area contributed by atoms with E-state index in [4.69, 9.17) is 21.7 Å². The molecule has 16 heavy (non-hydrogen) atoms. The Balaban J connectivity index is 0. The topological polar surface area (TPSA) is 127 Å². The zero-order valence-electron chi connectivity index (χ0n) is 9.25. The number of hydrogen-bond donors (Lipinski definition) is 4. The molecule has 2 unspecified atom stereocenters. The van der Waals surface area contributed by atoms with Gasteiger partial charge >= 0.3 is 92.2 Å². The molecule has 0 bridgehead atoms. The zero-order valence-corrected chi connectivity index (χ0v) is 12.7. The second-order valence-corrected chi connectivity index (χ2v) is 9.99. The van der Waals surface area contributed by atoms with E-state index in [-0.39, 0.29) is 26.3 Å². The summed E-state index contributed by atoms with van der Waals surface area (Å²) in [6.45, 7) is 4.00. The molecule has 0 heterocycles. The molecule has 0 amide bonds. The van der Waals surface area contributed by atoms with Gasteiger partial charge in [0.25, 0.3) is 0 Å². The summed E-state index contributed by atoms with van der Waals surface area (Å²) < 4.78 is 0. The van der Waals surface area contributed by atoms with E-state index in [0.717, 1.165) is 0 Å². The van der Waals surface area contributed by atoms with Crippen LogP contribution in [0.1, 0.15) is 13.8 Å². The Morgan fingerprint density at radius 2 is 1.25 bits per heavy atom. The molecule has 0 aliphatic rings. The predicted molar refractivity (Wildman–Crippen MR) is 63.7 cm³/mol. The molecule has 0 aliphatic heterocycles. The van der Waals surface area contributed by atoms with E-state index < -0.39 is 24.0 Å². The summed E-state index contributed by atoms with van der Waals surface area (Å²) in [5, 5.41) is 17.8. The van der Waals surface area contributed by atoms with E-state index in [1.54, 1.807) is 0 Å². The van der Waals surface area contributed by atoms with Crippen LogP contribution in [0.15, 0.2) is 0 Å². The number of carbonyl (C=O) groups is 2. The molecule has 8 heteroatoms. The van der Waals surface area contributed by atoms with Gasteiger partial charge in [-0.3, -0.25) is 0 Å². The summed E-state index contributed by atoms with van der Waals surface area (Å²) in [5.41, 5.74) is 10.5. The van der Waals surface area contributed by atoms with Crippen molar-refractivity contribution < 1.29 is 19.8 Å². The second kappa shape index (κ2) is 11.4. The second-order valence-electron chi connectivity index (χ2n) is 2.46. The Hall–Kier alpha value is -0.101. The molecular formula is C8H18N2O4Se2. The first-order valence-corrected chi connectivity index (χ1v) is 11.4. The third-order valence-corrected chi connectivity index (χ3v) is 8.42. The summed E-state index contributed by atoms with van der Waals surface area (Å²) in [7, 11) is 0. The average molecular weight is 364 g/mol. The molecule has 0 aromatic rings. The number of rotatable bonds is 7. The van der Waals surface area contributed by atoms with Crippen molar-refractivity contribution in [2.24, 2.45) is 11.5 Å². The Kier molecular flexibility index (Phi) is 13.0. The van der Waals surface area contributed by atoms with Crippen LogP contribution in [0.25, 0.3) is 0 Å². The van der Waals surface area contributed by atoms with Gasteiger partial charge in [0.15, 0.2) is 0 Å². The quantitative estimate of drug-likeness (QED) is 0.339. The van der Waals surface area contributed by atoms with Crippen LogP contribution in [0.2, 0.25) is 10.6 Å². The summed E-state index contributed by atoms with van der Waals surface area (Å²) in [6.07, 6.45) is 0. The van der Waals surface area contributed by atoms with E-state index in [1.807, 2.05) is 13.8 Å². The van der Waals surface area contributed by atoms with Gasteiger partial charge in [0.2, 0.25) is 0 Å². The van der Waals surface area contributed by atoms with E-state index >= 15 is 0 Å². The van der Waals surface area contributed by atoms with Crippen LogP contribution in [0, 0.1) is 0 Å². The molecule has 96 valence electrons. The number of hydrogen-bond acceptors (Lipinski definition) is 4. The first-order valence-electron chi connectivity index (χ1n) is 4.66. The van der Waals surface area contributed by atoms with Crippen LogP contribution in [0.4, 0.5) is 0 Å². The van der Waals surface area contributed by atoms with Gasteiger partial charge in [0.1, 0.15) is 0 Å². The molecule has 2 atom stereocenters. The Bertz CT molecular complexity index is 194. The van der Waals surface area contributed by atoms with Crippen LogP contribution in [-0.2, 0) is 9.59 Å². The van der Waals surface area contributed by atoms with Gasteiger partial charge in [0, 0.05) is 0 Å². The Morgan fingerprint density at radius 1 is 1.00 bits per heavy atom. The van der Waals surface area contributed by atoms with Crippen molar-refractivity contribution in [2.75, 3.05) is 0 Å². The van der Waals surface area contributed by atoms with Crippen LogP contribution >= 0.6 is 0 Å². The minimum atomic E-state index is -1.01. The standard InChI is InChI=1S/C6H12N2O4Se2.C2H6/c7-3(5(9)10)1-13-14-2-4(8)6(11)12;1-2/h3-4H,1-2,7-8H2,(H,9,10)(H,11,12);1-2H3. The van der Waals surface area contributed by atoms with E-state index in [0.29, 0.717) is 10.6 Å². The van der Waals surface area contributed by atoms with Gasteiger partial charge in [0.05, 0.1) is 0 Å². The Labute approximate surface area is 106 Å². The van der Waals surface area contributed by atoms with Gasteiger partial charge in [-0.25, -0.2) is 0 Å². The van der Waals surface area contributed by atoms with Crippen LogP contribution < -0.4 is 11.5 Å². The van der Waals surface area contributed by atoms with Crippen molar-refractivity contribution in [1.29, 1.82) is 0 Å². The molecule has 0 saturated heterocycles. The van der Waals surface area contributed by atoms with E-state index in [2.05, 4.69) is 0 Å². The van der Waals surface area contributed by atoms with Crippen molar-refractivity contribution in [3.63, 3.8) is 0 Å². The van der Waals surface area contributed by atoms with Crippen molar-refractivity contribution >= 4 is 38.2 Å². The van der Waals surface area contributed by atoms with Gasteiger partial charge in [-0.1, -0.05) is 13.8 Å². The van der Waals surface area contributed by atoms with Gasteiger partial charge in [-0.2, -0.15) is 0 Å². The number of carboxylic acid groups (broad SMARTS) is 2. The molecule has 0 aromatic heterocycles. The Morgan fingerprint density at radius 3 is 1.44 bits per heavy atom. The summed E-state index contributed by atoms with van der Waals surface area (Å²) in [6, 6.07) is -1.64. The third-order valence-electron chi connectivity index (χ3n) is 1.21. The van der Waals surface area contributed by atoms with Gasteiger partial charge < -0.3 is 0 Å². The number of nitrogens with two attached hydrogens (primary N) is 2. The molecule has 0 radical (unpaired) electrons. The van der Waals surface area contributed by atoms with Crippen LogP contribution in [0.5, 0.6) is 0 Å². The number of aliphatic carboxylic acids is 2. The van der Waals surface area contributed by atoms with Crippen LogP contribution in [-0.4, -0.2) is 60.5 Å². The fourth-order valence-corrected chi connectivity index (χ4v) is 7.30. The third kappa shape index (κ3) is 10.4. The maximum absolute atomic E-state index is 10.3. The van der Waals surface area contributed by atoms with Crippen molar-refractivity contribution in [3.8, 4) is 0 Å². The average Bonchev–Trinajstić information content (AvgIpc) is 2.26. The van der Waals surface area contributed by atoms with Gasteiger partial charge in [-0.15, -0.1) is 0 Å². The monoisotopic (exact) mass is 366 g/mol. The SMILES string of the molecule is CC.NC(C[Se][Se]CC(N)C(=O)O)C(=O)O. The maximum atomic E-state index is 10.3. The molecule has 0 fully saturated rings. The molecule has 0 spiro atoms. The fourth-order valence-electron chi connectivity index (χ4n) is 0.385. The van der Waals surface area contributed by atoms with Crippen molar-refractivity contribution in [3.05, 3.63) is 0 Å². The predicted octanol–water partition coefficient (Wildman–Crippen LogP) is -1.00. The van der Waals surface area contributed by atoms with Crippen LogP contribution in [0.3, 0.4) is 0 Å². The summed E-state index contributed by atoms with van der Waals surface area (Å²) in [4.78, 5) is 20.6. The molecule has 0 aliphatic carbocycles.